The molecule has 1 aromatic heterocycles. The van der Waals surface area contributed by atoms with Crippen molar-refractivity contribution < 1.29 is 19.0 Å². The number of hydrogen-bond acceptors (Lipinski definition) is 7. The Kier molecular flexibility index (Phi) is 7.99. The Labute approximate surface area is 226 Å². The topological polar surface area (TPSA) is 79.1 Å². The van der Waals surface area contributed by atoms with E-state index >= 15 is 0 Å². The Hall–Kier alpha value is -2.92. The fourth-order valence-electron chi connectivity index (χ4n) is 4.06. The highest BCUT2D eigenvalue weighted by Crippen LogP contribution is 2.36. The third kappa shape index (κ3) is 5.27. The van der Waals surface area contributed by atoms with E-state index in [1.54, 1.807) is 37.7 Å². The van der Waals surface area contributed by atoms with E-state index in [0.29, 0.717) is 37.7 Å². The largest absolute Gasteiger partial charge is 0.493 e. The van der Waals surface area contributed by atoms with E-state index in [0.717, 1.165) is 9.13 Å². The van der Waals surface area contributed by atoms with Gasteiger partial charge in [0.1, 0.15) is 0 Å². The molecule has 0 saturated carbocycles. The van der Waals surface area contributed by atoms with Crippen LogP contribution >= 0.6 is 33.9 Å². The standard InChI is InChI=1S/C27H27IN2O5S/c1-6-34-26(32)23-16(4)29-27-30(25(31)22(36-27)13-17-8-7-9-19(28)12-17)24(23)18-10-11-20(35-15(2)3)21(14-18)33-5/h7-15,24H,6H2,1-5H3/b22-13-/t24-/m1/s1. The Morgan fingerprint density at radius 2 is 2.00 bits per heavy atom. The van der Waals surface area contributed by atoms with Gasteiger partial charge in [-0.05, 0) is 91.8 Å². The molecule has 3 aromatic rings. The van der Waals surface area contributed by atoms with Crippen molar-refractivity contribution in [1.82, 2.24) is 4.57 Å². The minimum atomic E-state index is -0.722. The van der Waals surface area contributed by atoms with E-state index in [4.69, 9.17) is 14.2 Å². The van der Waals surface area contributed by atoms with Gasteiger partial charge in [0, 0.05) is 3.57 Å². The molecule has 1 atom stereocenters. The van der Waals surface area contributed by atoms with Crippen LogP contribution in [0.3, 0.4) is 0 Å². The SMILES string of the molecule is CCOC(=O)C1=C(C)N=c2s/c(=C\c3cccc(I)c3)c(=O)n2[C@@H]1c1ccc(OC(C)C)c(OC)c1. The van der Waals surface area contributed by atoms with Crippen molar-refractivity contribution in [2.75, 3.05) is 13.7 Å². The van der Waals surface area contributed by atoms with Gasteiger partial charge in [-0.25, -0.2) is 9.79 Å². The molecule has 188 valence electrons. The number of aromatic nitrogens is 1. The molecule has 0 amide bonds. The lowest BCUT2D eigenvalue weighted by molar-refractivity contribution is -0.139. The molecule has 7 nitrogen and oxygen atoms in total. The molecular formula is C27H27IN2O5S. The number of allylic oxidation sites excluding steroid dienone is 1. The molecule has 0 fully saturated rings. The maximum atomic E-state index is 13.7. The number of benzene rings is 2. The molecule has 1 aliphatic rings. The van der Waals surface area contributed by atoms with Gasteiger partial charge in [0.05, 0.1) is 41.7 Å². The maximum Gasteiger partial charge on any atom is 0.338 e. The van der Waals surface area contributed by atoms with Gasteiger partial charge in [0.2, 0.25) is 0 Å². The zero-order valence-electron chi connectivity index (χ0n) is 20.7. The number of esters is 1. The summed E-state index contributed by atoms with van der Waals surface area (Å²) in [4.78, 5) is 32.0. The molecule has 36 heavy (non-hydrogen) atoms. The van der Waals surface area contributed by atoms with Crippen molar-refractivity contribution in [3.05, 3.63) is 88.1 Å². The zero-order valence-corrected chi connectivity index (χ0v) is 23.7. The smallest absolute Gasteiger partial charge is 0.338 e. The number of thiazole rings is 1. The number of hydrogen-bond donors (Lipinski definition) is 0. The third-order valence-electron chi connectivity index (χ3n) is 5.53. The second-order valence-corrected chi connectivity index (χ2v) is 10.7. The van der Waals surface area contributed by atoms with Gasteiger partial charge in [0.25, 0.3) is 5.56 Å². The van der Waals surface area contributed by atoms with Crippen molar-refractivity contribution in [3.8, 4) is 11.5 Å². The van der Waals surface area contributed by atoms with Crippen LogP contribution in [-0.4, -0.2) is 30.4 Å². The summed E-state index contributed by atoms with van der Waals surface area (Å²) in [6.07, 6.45) is 1.81. The molecule has 0 N–H and O–H groups in total. The molecule has 0 unspecified atom stereocenters. The van der Waals surface area contributed by atoms with Gasteiger partial charge >= 0.3 is 5.97 Å². The monoisotopic (exact) mass is 618 g/mol. The summed E-state index contributed by atoms with van der Waals surface area (Å²) in [7, 11) is 1.56. The number of fused-ring (bicyclic) bond motifs is 1. The predicted octanol–water partition coefficient (Wildman–Crippen LogP) is 4.20. The summed E-state index contributed by atoms with van der Waals surface area (Å²) in [6, 6.07) is 12.6. The highest BCUT2D eigenvalue weighted by Gasteiger charge is 2.34. The van der Waals surface area contributed by atoms with Crippen LogP contribution in [0.4, 0.5) is 0 Å². The van der Waals surface area contributed by atoms with Crippen LogP contribution in [0.15, 0.2) is 63.5 Å². The van der Waals surface area contributed by atoms with E-state index in [2.05, 4.69) is 27.6 Å². The number of rotatable bonds is 7. The van der Waals surface area contributed by atoms with E-state index in [9.17, 15) is 9.59 Å². The number of methoxy groups -OCH3 is 1. The summed E-state index contributed by atoms with van der Waals surface area (Å²) in [5.74, 6) is 0.595. The van der Waals surface area contributed by atoms with E-state index in [1.807, 2.05) is 50.3 Å². The van der Waals surface area contributed by atoms with Gasteiger partial charge < -0.3 is 14.2 Å². The average Bonchev–Trinajstić information content (AvgIpc) is 3.12. The second-order valence-electron chi connectivity index (χ2n) is 8.43. The van der Waals surface area contributed by atoms with E-state index < -0.39 is 12.0 Å². The quantitative estimate of drug-likeness (QED) is 0.293. The normalized spacial score (nSPS) is 15.5. The van der Waals surface area contributed by atoms with Crippen LogP contribution in [0.2, 0.25) is 0 Å². The van der Waals surface area contributed by atoms with Gasteiger partial charge in [-0.1, -0.05) is 29.5 Å². The highest BCUT2D eigenvalue weighted by atomic mass is 127. The fourth-order valence-corrected chi connectivity index (χ4v) is 5.67. The molecule has 0 spiro atoms. The summed E-state index contributed by atoms with van der Waals surface area (Å²) < 4.78 is 20.0. The van der Waals surface area contributed by atoms with Gasteiger partial charge in [-0.2, -0.15) is 0 Å². The zero-order chi connectivity index (χ0) is 26.0. The molecule has 9 heteroatoms. The maximum absolute atomic E-state index is 13.7. The second kappa shape index (κ2) is 11.0. The molecule has 0 aliphatic carbocycles. The van der Waals surface area contributed by atoms with E-state index in [-0.39, 0.29) is 18.3 Å². The Morgan fingerprint density at radius 1 is 1.22 bits per heavy atom. The summed E-state index contributed by atoms with van der Waals surface area (Å²) in [5, 5.41) is 0. The Morgan fingerprint density at radius 3 is 2.67 bits per heavy atom. The highest BCUT2D eigenvalue weighted by molar-refractivity contribution is 14.1. The molecule has 0 radical (unpaired) electrons. The predicted molar refractivity (Wildman–Crippen MR) is 148 cm³/mol. The van der Waals surface area contributed by atoms with Crippen LogP contribution in [0, 0.1) is 3.57 Å². The van der Waals surface area contributed by atoms with Crippen molar-refractivity contribution >= 4 is 46.0 Å². The molecule has 4 rings (SSSR count). The Balaban J connectivity index is 1.95. The van der Waals surface area contributed by atoms with Crippen LogP contribution in [0.5, 0.6) is 11.5 Å². The summed E-state index contributed by atoms with van der Waals surface area (Å²) in [5.41, 5.74) is 2.23. The minimum absolute atomic E-state index is 0.0410. The molecular weight excluding hydrogens is 591 g/mol. The molecule has 0 bridgehead atoms. The van der Waals surface area contributed by atoms with Crippen molar-refractivity contribution in [2.24, 2.45) is 4.99 Å². The lowest BCUT2D eigenvalue weighted by Gasteiger charge is -2.25. The van der Waals surface area contributed by atoms with Crippen LogP contribution in [0.1, 0.15) is 44.9 Å². The summed E-state index contributed by atoms with van der Waals surface area (Å²) >= 11 is 3.54. The van der Waals surface area contributed by atoms with Crippen molar-refractivity contribution in [1.29, 1.82) is 0 Å². The minimum Gasteiger partial charge on any atom is -0.493 e. The number of ether oxygens (including phenoxy) is 3. The summed E-state index contributed by atoms with van der Waals surface area (Å²) in [6.45, 7) is 7.60. The molecule has 2 aromatic carbocycles. The lowest BCUT2D eigenvalue weighted by Crippen LogP contribution is -2.40. The van der Waals surface area contributed by atoms with Crippen LogP contribution in [0.25, 0.3) is 6.08 Å². The first kappa shape index (κ1) is 26.2. The van der Waals surface area contributed by atoms with Gasteiger partial charge in [0.15, 0.2) is 16.3 Å². The third-order valence-corrected chi connectivity index (χ3v) is 7.18. The lowest BCUT2D eigenvalue weighted by atomic mass is 9.95. The van der Waals surface area contributed by atoms with Crippen molar-refractivity contribution in [3.63, 3.8) is 0 Å². The number of carbonyl (C=O) groups excluding carboxylic acids is 1. The van der Waals surface area contributed by atoms with Crippen LogP contribution in [-0.2, 0) is 9.53 Å². The first-order valence-electron chi connectivity index (χ1n) is 11.5. The molecule has 2 heterocycles. The van der Waals surface area contributed by atoms with Crippen LogP contribution < -0.4 is 24.4 Å². The van der Waals surface area contributed by atoms with Gasteiger partial charge in [-0.15, -0.1) is 0 Å². The molecule has 1 aliphatic heterocycles. The fraction of sp³-hybridized carbons (Fsp3) is 0.296. The number of halogens is 1. The first-order chi connectivity index (χ1) is 17.2. The van der Waals surface area contributed by atoms with Gasteiger partial charge in [-0.3, -0.25) is 9.36 Å². The number of nitrogens with zero attached hydrogens (tertiary/aromatic N) is 2. The number of carbonyl (C=O) groups is 1. The van der Waals surface area contributed by atoms with Crippen molar-refractivity contribution in [2.45, 2.75) is 39.8 Å². The molecule has 0 saturated heterocycles. The average molecular weight is 618 g/mol. The first-order valence-corrected chi connectivity index (χ1v) is 13.4. The van der Waals surface area contributed by atoms with E-state index in [1.165, 1.54) is 11.3 Å². The Bertz CT molecular complexity index is 1520.